The predicted octanol–water partition coefficient (Wildman–Crippen LogP) is 4.42. The molecule has 0 aliphatic carbocycles. The van der Waals surface area contributed by atoms with Gasteiger partial charge < -0.3 is 9.88 Å². The fourth-order valence-electron chi connectivity index (χ4n) is 2.76. The summed E-state index contributed by atoms with van der Waals surface area (Å²) in [5.41, 5.74) is 3.37. The number of pyridine rings is 1. The Balaban J connectivity index is 1.88. The standard InChI is InChI=1S/C21H19ClN2O2/c1-14-5-3-6-16(11-14)13-24-10-4-7-18(21(24)26)20(25)23-19-12-17(22)9-8-15(19)2/h3-12H,13H2,1-2H3,(H,23,25). The molecule has 2 aromatic carbocycles. The van der Waals surface area contributed by atoms with Crippen molar-refractivity contribution in [1.82, 2.24) is 4.57 Å². The Hall–Kier alpha value is -2.85. The first kappa shape index (κ1) is 18.0. The fourth-order valence-corrected chi connectivity index (χ4v) is 2.93. The van der Waals surface area contributed by atoms with E-state index in [1.807, 2.05) is 44.2 Å². The number of rotatable bonds is 4. The maximum absolute atomic E-state index is 12.7. The molecule has 0 radical (unpaired) electrons. The third kappa shape index (κ3) is 4.03. The summed E-state index contributed by atoms with van der Waals surface area (Å²) in [6.07, 6.45) is 1.69. The third-order valence-electron chi connectivity index (χ3n) is 4.15. The van der Waals surface area contributed by atoms with Crippen LogP contribution >= 0.6 is 11.6 Å². The highest BCUT2D eigenvalue weighted by atomic mass is 35.5. The van der Waals surface area contributed by atoms with Gasteiger partial charge in [0.25, 0.3) is 11.5 Å². The summed E-state index contributed by atoms with van der Waals surface area (Å²) < 4.78 is 1.54. The largest absolute Gasteiger partial charge is 0.322 e. The number of aromatic nitrogens is 1. The van der Waals surface area contributed by atoms with Gasteiger partial charge in [-0.1, -0.05) is 47.5 Å². The van der Waals surface area contributed by atoms with Crippen molar-refractivity contribution in [3.63, 3.8) is 0 Å². The van der Waals surface area contributed by atoms with Gasteiger partial charge in [-0.3, -0.25) is 9.59 Å². The van der Waals surface area contributed by atoms with Gasteiger partial charge in [0.05, 0.1) is 6.54 Å². The zero-order valence-electron chi connectivity index (χ0n) is 14.6. The summed E-state index contributed by atoms with van der Waals surface area (Å²) in [4.78, 5) is 25.3. The monoisotopic (exact) mass is 366 g/mol. The van der Waals surface area contributed by atoms with Gasteiger partial charge in [-0.05, 0) is 49.2 Å². The number of hydrogen-bond acceptors (Lipinski definition) is 2. The molecule has 0 spiro atoms. The third-order valence-corrected chi connectivity index (χ3v) is 4.38. The van der Waals surface area contributed by atoms with Crippen molar-refractivity contribution in [3.05, 3.63) is 98.4 Å². The summed E-state index contributed by atoms with van der Waals surface area (Å²) in [6.45, 7) is 4.29. The number of carbonyl (C=O) groups is 1. The molecule has 3 rings (SSSR count). The van der Waals surface area contributed by atoms with Crippen LogP contribution in [0.4, 0.5) is 5.69 Å². The van der Waals surface area contributed by atoms with Gasteiger partial charge in [0.2, 0.25) is 0 Å². The number of hydrogen-bond donors (Lipinski definition) is 1. The highest BCUT2D eigenvalue weighted by Gasteiger charge is 2.14. The molecule has 1 aromatic heterocycles. The first-order valence-electron chi connectivity index (χ1n) is 8.26. The van der Waals surface area contributed by atoms with Crippen LogP contribution in [0, 0.1) is 13.8 Å². The van der Waals surface area contributed by atoms with Crippen molar-refractivity contribution in [3.8, 4) is 0 Å². The van der Waals surface area contributed by atoms with Crippen LogP contribution in [0.5, 0.6) is 0 Å². The molecule has 5 heteroatoms. The Bertz CT molecular complexity index is 1020. The molecule has 0 aliphatic rings. The van der Waals surface area contributed by atoms with Gasteiger partial charge in [-0.25, -0.2) is 0 Å². The van der Waals surface area contributed by atoms with Crippen molar-refractivity contribution >= 4 is 23.2 Å². The van der Waals surface area contributed by atoms with Crippen LogP contribution in [-0.2, 0) is 6.54 Å². The van der Waals surface area contributed by atoms with Crippen molar-refractivity contribution < 1.29 is 4.79 Å². The summed E-state index contributed by atoms with van der Waals surface area (Å²) in [7, 11) is 0. The molecule has 0 aliphatic heterocycles. The molecule has 0 saturated carbocycles. The van der Waals surface area contributed by atoms with Crippen LogP contribution < -0.4 is 10.9 Å². The zero-order chi connectivity index (χ0) is 18.7. The molecule has 0 unspecified atom stereocenters. The normalized spacial score (nSPS) is 10.6. The molecule has 3 aromatic rings. The maximum Gasteiger partial charge on any atom is 0.263 e. The van der Waals surface area contributed by atoms with E-state index in [9.17, 15) is 9.59 Å². The summed E-state index contributed by atoms with van der Waals surface area (Å²) >= 11 is 5.99. The highest BCUT2D eigenvalue weighted by Crippen LogP contribution is 2.20. The molecule has 0 atom stereocenters. The van der Waals surface area contributed by atoms with Crippen molar-refractivity contribution in [2.45, 2.75) is 20.4 Å². The molecule has 4 nitrogen and oxygen atoms in total. The summed E-state index contributed by atoms with van der Waals surface area (Å²) in [6, 6.07) is 16.4. The second-order valence-corrected chi connectivity index (χ2v) is 6.69. The van der Waals surface area contributed by atoms with Crippen LogP contribution in [0.3, 0.4) is 0 Å². The van der Waals surface area contributed by atoms with E-state index in [0.717, 1.165) is 16.7 Å². The lowest BCUT2D eigenvalue weighted by atomic mass is 10.1. The zero-order valence-corrected chi connectivity index (χ0v) is 15.4. The topological polar surface area (TPSA) is 51.1 Å². The molecule has 132 valence electrons. The Morgan fingerprint density at radius 3 is 2.65 bits per heavy atom. The van der Waals surface area contributed by atoms with E-state index in [0.29, 0.717) is 17.3 Å². The van der Waals surface area contributed by atoms with Crippen molar-refractivity contribution in [2.24, 2.45) is 0 Å². The minimum atomic E-state index is -0.445. The molecular weight excluding hydrogens is 348 g/mol. The number of nitrogens with zero attached hydrogens (tertiary/aromatic N) is 1. The van der Waals surface area contributed by atoms with Crippen LogP contribution in [-0.4, -0.2) is 10.5 Å². The first-order valence-corrected chi connectivity index (χ1v) is 8.64. The van der Waals surface area contributed by atoms with Gasteiger partial charge in [0, 0.05) is 16.9 Å². The van der Waals surface area contributed by atoms with Gasteiger partial charge >= 0.3 is 0 Å². The number of anilines is 1. The van der Waals surface area contributed by atoms with Crippen LogP contribution in [0.25, 0.3) is 0 Å². The Morgan fingerprint density at radius 2 is 1.88 bits per heavy atom. The first-order chi connectivity index (χ1) is 12.4. The fraction of sp³-hybridized carbons (Fsp3) is 0.143. The SMILES string of the molecule is Cc1cccc(Cn2cccc(C(=O)Nc3cc(Cl)ccc3C)c2=O)c1. The van der Waals surface area contributed by atoms with E-state index < -0.39 is 5.91 Å². The summed E-state index contributed by atoms with van der Waals surface area (Å²) in [5, 5.41) is 3.30. The lowest BCUT2D eigenvalue weighted by molar-refractivity contribution is 0.102. The summed E-state index contributed by atoms with van der Waals surface area (Å²) in [5.74, 6) is -0.445. The molecule has 1 heterocycles. The molecule has 0 fully saturated rings. The van der Waals surface area contributed by atoms with E-state index in [4.69, 9.17) is 11.6 Å². The van der Waals surface area contributed by atoms with E-state index in [1.54, 1.807) is 24.4 Å². The second kappa shape index (κ2) is 7.58. The van der Waals surface area contributed by atoms with Crippen molar-refractivity contribution in [1.29, 1.82) is 0 Å². The van der Waals surface area contributed by atoms with E-state index >= 15 is 0 Å². The Kier molecular flexibility index (Phi) is 5.24. The van der Waals surface area contributed by atoms with Gasteiger partial charge in [0.1, 0.15) is 5.56 Å². The smallest absolute Gasteiger partial charge is 0.263 e. The maximum atomic E-state index is 12.7. The van der Waals surface area contributed by atoms with Crippen LogP contribution in [0.2, 0.25) is 5.02 Å². The number of carbonyl (C=O) groups excluding carboxylic acids is 1. The molecule has 1 amide bonds. The van der Waals surface area contributed by atoms with Gasteiger partial charge in [-0.15, -0.1) is 0 Å². The molecule has 1 N–H and O–H groups in total. The minimum Gasteiger partial charge on any atom is -0.322 e. The molecule has 0 saturated heterocycles. The second-order valence-electron chi connectivity index (χ2n) is 6.26. The minimum absolute atomic E-state index is 0.0968. The average Bonchev–Trinajstić information content (AvgIpc) is 2.60. The van der Waals surface area contributed by atoms with Crippen LogP contribution in [0.15, 0.2) is 65.6 Å². The van der Waals surface area contributed by atoms with Gasteiger partial charge in [-0.2, -0.15) is 0 Å². The van der Waals surface area contributed by atoms with Crippen molar-refractivity contribution in [2.75, 3.05) is 5.32 Å². The Labute approximate surface area is 157 Å². The van der Waals surface area contributed by atoms with Crippen LogP contribution in [0.1, 0.15) is 27.0 Å². The number of aryl methyl sites for hydroxylation is 2. The van der Waals surface area contributed by atoms with E-state index in [1.165, 1.54) is 10.6 Å². The molecule has 26 heavy (non-hydrogen) atoms. The predicted molar refractivity (Wildman–Crippen MR) is 105 cm³/mol. The number of nitrogens with one attached hydrogen (secondary N) is 1. The lowest BCUT2D eigenvalue weighted by Crippen LogP contribution is -2.29. The molecule has 0 bridgehead atoms. The Morgan fingerprint density at radius 1 is 1.08 bits per heavy atom. The number of benzene rings is 2. The number of halogens is 1. The average molecular weight is 367 g/mol. The van der Waals surface area contributed by atoms with E-state index in [2.05, 4.69) is 5.32 Å². The highest BCUT2D eigenvalue weighted by molar-refractivity contribution is 6.31. The lowest BCUT2D eigenvalue weighted by Gasteiger charge is -2.11. The number of amides is 1. The molecular formula is C21H19ClN2O2. The van der Waals surface area contributed by atoms with E-state index in [-0.39, 0.29) is 11.1 Å². The van der Waals surface area contributed by atoms with Gasteiger partial charge in [0.15, 0.2) is 0 Å². The quantitative estimate of drug-likeness (QED) is 0.743.